The molecule has 0 fully saturated rings. The lowest BCUT2D eigenvalue weighted by molar-refractivity contribution is 0.0687. The SMILES string of the molecule is C=C(CC)C(=O)c1ccc2c(c1Cl)c(Cl)c(C(=O)O)n2C. The monoisotopic (exact) mass is 325 g/mol. The van der Waals surface area contributed by atoms with E-state index < -0.39 is 5.97 Å². The number of benzene rings is 1. The van der Waals surface area contributed by atoms with Gasteiger partial charge in [-0.25, -0.2) is 4.79 Å². The number of carbonyl (C=O) groups is 2. The number of rotatable bonds is 4. The number of allylic oxidation sites excluding steroid dienone is 1. The molecule has 1 aromatic carbocycles. The third-order valence-electron chi connectivity index (χ3n) is 3.44. The maximum absolute atomic E-state index is 12.2. The van der Waals surface area contributed by atoms with Crippen molar-refractivity contribution in [2.45, 2.75) is 13.3 Å². The average molecular weight is 326 g/mol. The smallest absolute Gasteiger partial charge is 0.354 e. The largest absolute Gasteiger partial charge is 0.477 e. The first-order valence-corrected chi connectivity index (χ1v) is 6.99. The number of ketones is 1. The number of fused-ring (bicyclic) bond motifs is 1. The van der Waals surface area contributed by atoms with Gasteiger partial charge in [0.2, 0.25) is 0 Å². The molecule has 0 amide bonds. The number of aromatic carboxylic acids is 1. The van der Waals surface area contributed by atoms with Crippen molar-refractivity contribution in [2.75, 3.05) is 0 Å². The lowest BCUT2D eigenvalue weighted by atomic mass is 10.0. The second kappa shape index (κ2) is 5.54. The van der Waals surface area contributed by atoms with Gasteiger partial charge in [-0.05, 0) is 24.1 Å². The summed E-state index contributed by atoms with van der Waals surface area (Å²) in [5.41, 5.74) is 1.20. The van der Waals surface area contributed by atoms with Gasteiger partial charge < -0.3 is 9.67 Å². The van der Waals surface area contributed by atoms with Gasteiger partial charge in [-0.2, -0.15) is 0 Å². The van der Waals surface area contributed by atoms with Crippen LogP contribution in [0.1, 0.15) is 34.2 Å². The third-order valence-corrected chi connectivity index (χ3v) is 4.20. The standard InChI is InChI=1S/C15H13Cl2NO3/c1-4-7(2)14(19)8-5-6-9-10(11(8)16)12(17)13(15(20)21)18(9)3/h5-6H,2,4H2,1,3H3,(H,20,21). The molecule has 1 heterocycles. The van der Waals surface area contributed by atoms with Gasteiger partial charge in [0.25, 0.3) is 0 Å². The zero-order valence-corrected chi connectivity index (χ0v) is 13.0. The van der Waals surface area contributed by atoms with Crippen molar-refractivity contribution < 1.29 is 14.7 Å². The summed E-state index contributed by atoms with van der Waals surface area (Å²) in [6, 6.07) is 3.20. The molecule has 0 aliphatic heterocycles. The van der Waals surface area contributed by atoms with Gasteiger partial charge in [0.05, 0.1) is 15.6 Å². The van der Waals surface area contributed by atoms with Gasteiger partial charge in [-0.15, -0.1) is 0 Å². The molecule has 0 aliphatic rings. The number of hydrogen-bond donors (Lipinski definition) is 1. The highest BCUT2D eigenvalue weighted by Crippen LogP contribution is 2.37. The molecule has 0 unspecified atom stereocenters. The second-order valence-corrected chi connectivity index (χ2v) is 5.39. The molecule has 6 heteroatoms. The highest BCUT2D eigenvalue weighted by Gasteiger charge is 2.24. The van der Waals surface area contributed by atoms with Crippen LogP contribution in [0.2, 0.25) is 10.0 Å². The summed E-state index contributed by atoms with van der Waals surface area (Å²) in [6.07, 6.45) is 0.510. The Kier molecular flexibility index (Phi) is 4.12. The average Bonchev–Trinajstić information content (AvgIpc) is 2.70. The minimum absolute atomic E-state index is 0.0294. The fourth-order valence-corrected chi connectivity index (χ4v) is 2.99. The Morgan fingerprint density at radius 1 is 1.29 bits per heavy atom. The fraction of sp³-hybridized carbons (Fsp3) is 0.200. The summed E-state index contributed by atoms with van der Waals surface area (Å²) < 4.78 is 1.44. The van der Waals surface area contributed by atoms with Crippen LogP contribution in [0.5, 0.6) is 0 Å². The van der Waals surface area contributed by atoms with Crippen LogP contribution in [-0.4, -0.2) is 21.4 Å². The van der Waals surface area contributed by atoms with Crippen LogP contribution in [0.15, 0.2) is 24.3 Å². The van der Waals surface area contributed by atoms with Crippen LogP contribution in [0, 0.1) is 0 Å². The minimum Gasteiger partial charge on any atom is -0.477 e. The summed E-state index contributed by atoms with van der Waals surface area (Å²) in [6.45, 7) is 5.53. The van der Waals surface area contributed by atoms with Crippen LogP contribution in [0.4, 0.5) is 0 Å². The minimum atomic E-state index is -1.15. The molecule has 0 atom stereocenters. The summed E-state index contributed by atoms with van der Waals surface area (Å²) in [5, 5.41) is 9.76. The molecule has 0 radical (unpaired) electrons. The summed E-state index contributed by atoms with van der Waals surface area (Å²) in [4.78, 5) is 23.5. The number of aromatic nitrogens is 1. The van der Waals surface area contributed by atoms with E-state index in [4.69, 9.17) is 23.2 Å². The molecule has 1 N–H and O–H groups in total. The molecule has 0 bridgehead atoms. The number of carbonyl (C=O) groups excluding carboxylic acids is 1. The number of Topliss-reactive ketones (excluding diaryl/α,β-unsaturated/α-hetero) is 1. The predicted octanol–water partition coefficient (Wildman–Crippen LogP) is 4.33. The van der Waals surface area contributed by atoms with Crippen LogP contribution in [0.3, 0.4) is 0 Å². The summed E-state index contributed by atoms with van der Waals surface area (Å²) >= 11 is 12.4. The van der Waals surface area contributed by atoms with Crippen molar-refractivity contribution in [2.24, 2.45) is 7.05 Å². The highest BCUT2D eigenvalue weighted by molar-refractivity contribution is 6.46. The van der Waals surface area contributed by atoms with E-state index in [1.165, 1.54) is 4.57 Å². The Labute approximate surface area is 131 Å². The Morgan fingerprint density at radius 3 is 2.43 bits per heavy atom. The van der Waals surface area contributed by atoms with E-state index in [1.807, 2.05) is 6.92 Å². The van der Waals surface area contributed by atoms with E-state index in [1.54, 1.807) is 19.2 Å². The number of hydrogen-bond acceptors (Lipinski definition) is 2. The maximum Gasteiger partial charge on any atom is 0.354 e. The van der Waals surface area contributed by atoms with Crippen molar-refractivity contribution in [3.63, 3.8) is 0 Å². The number of carboxylic acid groups (broad SMARTS) is 1. The lowest BCUT2D eigenvalue weighted by Gasteiger charge is -2.06. The molecular weight excluding hydrogens is 313 g/mol. The highest BCUT2D eigenvalue weighted by atomic mass is 35.5. The predicted molar refractivity (Wildman–Crippen MR) is 83.7 cm³/mol. The maximum atomic E-state index is 12.2. The molecule has 21 heavy (non-hydrogen) atoms. The van der Waals surface area contributed by atoms with Crippen LogP contribution >= 0.6 is 23.2 Å². The van der Waals surface area contributed by atoms with E-state index in [0.717, 1.165) is 0 Å². The van der Waals surface area contributed by atoms with Gasteiger partial charge in [-0.1, -0.05) is 36.7 Å². The lowest BCUT2D eigenvalue weighted by Crippen LogP contribution is -2.04. The van der Waals surface area contributed by atoms with Crippen molar-refractivity contribution >= 4 is 45.9 Å². The van der Waals surface area contributed by atoms with Crippen molar-refractivity contribution in [3.8, 4) is 0 Å². The summed E-state index contributed by atoms with van der Waals surface area (Å²) in [7, 11) is 1.58. The number of halogens is 2. The number of carboxylic acids is 1. The van der Waals surface area contributed by atoms with Crippen molar-refractivity contribution in [1.29, 1.82) is 0 Å². The topological polar surface area (TPSA) is 59.3 Å². The molecule has 0 spiro atoms. The molecule has 1 aromatic heterocycles. The normalized spacial score (nSPS) is 10.9. The van der Waals surface area contributed by atoms with Gasteiger partial charge in [-0.3, -0.25) is 4.79 Å². The molecule has 4 nitrogen and oxygen atoms in total. The molecule has 0 saturated heterocycles. The zero-order valence-electron chi connectivity index (χ0n) is 11.5. The first-order valence-electron chi connectivity index (χ1n) is 6.23. The van der Waals surface area contributed by atoms with Crippen LogP contribution in [-0.2, 0) is 7.05 Å². The molecular formula is C15H13Cl2NO3. The molecule has 0 aliphatic carbocycles. The van der Waals surface area contributed by atoms with Crippen molar-refractivity contribution in [1.82, 2.24) is 4.57 Å². The summed E-state index contributed by atoms with van der Waals surface area (Å²) in [5.74, 6) is -1.41. The van der Waals surface area contributed by atoms with Gasteiger partial charge in [0.1, 0.15) is 5.69 Å². The molecule has 2 aromatic rings. The first-order chi connectivity index (χ1) is 9.81. The van der Waals surface area contributed by atoms with E-state index in [2.05, 4.69) is 6.58 Å². The van der Waals surface area contributed by atoms with Crippen LogP contribution < -0.4 is 0 Å². The number of nitrogens with zero attached hydrogens (tertiary/aromatic N) is 1. The quantitative estimate of drug-likeness (QED) is 0.672. The second-order valence-electron chi connectivity index (χ2n) is 4.63. The van der Waals surface area contributed by atoms with E-state index in [9.17, 15) is 14.7 Å². The Hall–Kier alpha value is -1.78. The first kappa shape index (κ1) is 15.6. The fourth-order valence-electron chi connectivity index (χ4n) is 2.20. The van der Waals surface area contributed by atoms with Gasteiger partial charge >= 0.3 is 5.97 Å². The third kappa shape index (κ3) is 2.34. The van der Waals surface area contributed by atoms with E-state index in [-0.39, 0.29) is 27.1 Å². The number of aryl methyl sites for hydroxylation is 1. The Balaban J connectivity index is 2.79. The zero-order chi connectivity index (χ0) is 15.9. The molecule has 2 rings (SSSR count). The Bertz CT molecular complexity index is 790. The van der Waals surface area contributed by atoms with Crippen LogP contribution in [0.25, 0.3) is 10.9 Å². The Morgan fingerprint density at radius 2 is 1.90 bits per heavy atom. The van der Waals surface area contributed by atoms with Gasteiger partial charge in [0, 0.05) is 18.0 Å². The van der Waals surface area contributed by atoms with E-state index >= 15 is 0 Å². The van der Waals surface area contributed by atoms with Gasteiger partial charge in [0.15, 0.2) is 5.78 Å². The van der Waals surface area contributed by atoms with Crippen molar-refractivity contribution in [3.05, 3.63) is 45.6 Å². The molecule has 0 saturated carbocycles. The van der Waals surface area contributed by atoms with E-state index in [0.29, 0.717) is 22.9 Å². The molecule has 110 valence electrons.